The average molecular weight is 315 g/mol. The molecule has 1 heterocycles. The molecule has 2 N–H and O–H groups in total. The quantitative estimate of drug-likeness (QED) is 0.876. The normalized spacial score (nSPS) is 18.8. The molecular formula is C15H20Cl2N2O. The van der Waals surface area contributed by atoms with Crippen LogP contribution in [-0.2, 0) is 11.2 Å². The summed E-state index contributed by atoms with van der Waals surface area (Å²) in [6.07, 6.45) is 4.42. The van der Waals surface area contributed by atoms with E-state index in [-0.39, 0.29) is 5.91 Å². The van der Waals surface area contributed by atoms with Crippen molar-refractivity contribution < 1.29 is 4.79 Å². The molecule has 0 aliphatic carbocycles. The second kappa shape index (κ2) is 7.87. The van der Waals surface area contributed by atoms with Gasteiger partial charge in [0, 0.05) is 19.0 Å². The Morgan fingerprint density at radius 1 is 1.35 bits per heavy atom. The molecule has 0 saturated carbocycles. The van der Waals surface area contributed by atoms with Gasteiger partial charge in [0.25, 0.3) is 0 Å². The first kappa shape index (κ1) is 15.6. The molecule has 0 bridgehead atoms. The van der Waals surface area contributed by atoms with E-state index >= 15 is 0 Å². The Morgan fingerprint density at radius 3 is 2.90 bits per heavy atom. The van der Waals surface area contributed by atoms with Crippen LogP contribution in [0.15, 0.2) is 18.2 Å². The van der Waals surface area contributed by atoms with E-state index in [0.717, 1.165) is 44.3 Å². The molecule has 0 spiro atoms. The lowest BCUT2D eigenvalue weighted by molar-refractivity contribution is -0.122. The van der Waals surface area contributed by atoms with Gasteiger partial charge in [-0.25, -0.2) is 0 Å². The lowest BCUT2D eigenvalue weighted by Gasteiger charge is -2.23. The van der Waals surface area contributed by atoms with E-state index in [2.05, 4.69) is 10.6 Å². The second-order valence-corrected chi connectivity index (χ2v) is 6.03. The summed E-state index contributed by atoms with van der Waals surface area (Å²) in [6.45, 7) is 1.95. The fourth-order valence-electron chi connectivity index (χ4n) is 2.42. The standard InChI is InChI=1S/C15H20Cl2N2O/c16-13-7-6-11(9-14(13)17)3-1-5-15(20)19-12-4-2-8-18-10-12/h6-7,9,12,18H,1-5,8,10H2,(H,19,20). The number of hydrogen-bond acceptors (Lipinski definition) is 2. The van der Waals surface area contributed by atoms with Crippen molar-refractivity contribution in [2.45, 2.75) is 38.1 Å². The fourth-order valence-corrected chi connectivity index (χ4v) is 2.74. The maximum absolute atomic E-state index is 11.8. The molecule has 1 unspecified atom stereocenters. The summed E-state index contributed by atoms with van der Waals surface area (Å²) in [5, 5.41) is 7.51. The van der Waals surface area contributed by atoms with E-state index in [1.165, 1.54) is 0 Å². The Morgan fingerprint density at radius 2 is 2.20 bits per heavy atom. The van der Waals surface area contributed by atoms with Crippen LogP contribution in [0.2, 0.25) is 10.0 Å². The van der Waals surface area contributed by atoms with E-state index < -0.39 is 0 Å². The summed E-state index contributed by atoms with van der Waals surface area (Å²) < 4.78 is 0. The van der Waals surface area contributed by atoms with Crippen LogP contribution < -0.4 is 10.6 Å². The molecule has 1 atom stereocenters. The van der Waals surface area contributed by atoms with Gasteiger partial charge in [0.05, 0.1) is 10.0 Å². The van der Waals surface area contributed by atoms with Crippen molar-refractivity contribution in [1.82, 2.24) is 10.6 Å². The number of carbonyl (C=O) groups is 1. The minimum atomic E-state index is 0.138. The highest BCUT2D eigenvalue weighted by molar-refractivity contribution is 6.42. The smallest absolute Gasteiger partial charge is 0.220 e. The van der Waals surface area contributed by atoms with Crippen molar-refractivity contribution >= 4 is 29.1 Å². The molecule has 1 aliphatic rings. The number of piperidine rings is 1. The molecule has 2 rings (SSSR count). The maximum atomic E-state index is 11.8. The Hall–Kier alpha value is -0.770. The molecule has 1 saturated heterocycles. The first-order valence-electron chi connectivity index (χ1n) is 7.09. The summed E-state index contributed by atoms with van der Waals surface area (Å²) in [7, 11) is 0. The number of hydrogen-bond donors (Lipinski definition) is 2. The van der Waals surface area contributed by atoms with Gasteiger partial charge in [-0.2, -0.15) is 0 Å². The van der Waals surface area contributed by atoms with Gasteiger partial charge in [-0.05, 0) is 49.9 Å². The van der Waals surface area contributed by atoms with E-state index in [4.69, 9.17) is 23.2 Å². The fraction of sp³-hybridized carbons (Fsp3) is 0.533. The first-order chi connectivity index (χ1) is 9.65. The minimum absolute atomic E-state index is 0.138. The zero-order valence-electron chi connectivity index (χ0n) is 11.4. The summed E-state index contributed by atoms with van der Waals surface area (Å²) in [5.41, 5.74) is 1.12. The Kier molecular flexibility index (Phi) is 6.14. The monoisotopic (exact) mass is 314 g/mol. The van der Waals surface area contributed by atoms with Gasteiger partial charge < -0.3 is 10.6 Å². The Balaban J connectivity index is 1.69. The number of rotatable bonds is 5. The molecule has 0 aromatic heterocycles. The molecule has 1 amide bonds. The largest absolute Gasteiger partial charge is 0.352 e. The van der Waals surface area contributed by atoms with Gasteiger partial charge in [-0.15, -0.1) is 0 Å². The Bertz CT molecular complexity index is 459. The number of benzene rings is 1. The lowest BCUT2D eigenvalue weighted by Crippen LogP contribution is -2.45. The number of carbonyl (C=O) groups excluding carboxylic acids is 1. The molecule has 1 aromatic rings. The zero-order chi connectivity index (χ0) is 14.4. The van der Waals surface area contributed by atoms with Crippen LogP contribution in [0, 0.1) is 0 Å². The third-order valence-corrected chi connectivity index (χ3v) is 4.25. The van der Waals surface area contributed by atoms with Crippen molar-refractivity contribution in [3.8, 4) is 0 Å². The van der Waals surface area contributed by atoms with Gasteiger partial charge >= 0.3 is 0 Å². The third-order valence-electron chi connectivity index (χ3n) is 3.52. The predicted molar refractivity (Wildman–Crippen MR) is 83.4 cm³/mol. The summed E-state index contributed by atoms with van der Waals surface area (Å²) in [5.74, 6) is 0.138. The van der Waals surface area contributed by atoms with Crippen molar-refractivity contribution in [3.05, 3.63) is 33.8 Å². The number of aryl methyl sites for hydroxylation is 1. The number of halogens is 2. The molecule has 5 heteroatoms. The average Bonchev–Trinajstić information content (AvgIpc) is 2.44. The van der Waals surface area contributed by atoms with Crippen molar-refractivity contribution in [1.29, 1.82) is 0 Å². The van der Waals surface area contributed by atoms with E-state index in [1.54, 1.807) is 6.07 Å². The van der Waals surface area contributed by atoms with Gasteiger partial charge in [0.1, 0.15) is 0 Å². The number of nitrogens with one attached hydrogen (secondary N) is 2. The minimum Gasteiger partial charge on any atom is -0.352 e. The zero-order valence-corrected chi connectivity index (χ0v) is 12.9. The SMILES string of the molecule is O=C(CCCc1ccc(Cl)c(Cl)c1)NC1CCCNC1. The van der Waals surface area contributed by atoms with Crippen molar-refractivity contribution in [2.24, 2.45) is 0 Å². The Labute approximate surface area is 130 Å². The molecule has 110 valence electrons. The predicted octanol–water partition coefficient (Wildman–Crippen LogP) is 3.18. The van der Waals surface area contributed by atoms with Crippen LogP contribution in [0.3, 0.4) is 0 Å². The highest BCUT2D eigenvalue weighted by Crippen LogP contribution is 2.23. The van der Waals surface area contributed by atoms with Gasteiger partial charge in [0.2, 0.25) is 5.91 Å². The highest BCUT2D eigenvalue weighted by atomic mass is 35.5. The van der Waals surface area contributed by atoms with Crippen LogP contribution >= 0.6 is 23.2 Å². The van der Waals surface area contributed by atoms with Crippen molar-refractivity contribution in [3.63, 3.8) is 0 Å². The summed E-state index contributed by atoms with van der Waals surface area (Å²) >= 11 is 11.8. The van der Waals surface area contributed by atoms with E-state index in [0.29, 0.717) is 22.5 Å². The van der Waals surface area contributed by atoms with E-state index in [1.807, 2.05) is 12.1 Å². The van der Waals surface area contributed by atoms with Gasteiger partial charge in [-0.3, -0.25) is 4.79 Å². The molecule has 1 aliphatic heterocycles. The lowest BCUT2D eigenvalue weighted by atomic mass is 10.1. The maximum Gasteiger partial charge on any atom is 0.220 e. The van der Waals surface area contributed by atoms with Crippen LogP contribution in [0.1, 0.15) is 31.2 Å². The summed E-state index contributed by atoms with van der Waals surface area (Å²) in [6, 6.07) is 5.91. The van der Waals surface area contributed by atoms with Gasteiger partial charge in [-0.1, -0.05) is 29.3 Å². The third kappa shape index (κ3) is 4.97. The number of amides is 1. The molecule has 20 heavy (non-hydrogen) atoms. The van der Waals surface area contributed by atoms with Crippen LogP contribution in [0.25, 0.3) is 0 Å². The summed E-state index contributed by atoms with van der Waals surface area (Å²) in [4.78, 5) is 11.8. The second-order valence-electron chi connectivity index (χ2n) is 5.21. The molecule has 0 radical (unpaired) electrons. The molecule has 1 aromatic carbocycles. The van der Waals surface area contributed by atoms with Gasteiger partial charge in [0.15, 0.2) is 0 Å². The first-order valence-corrected chi connectivity index (χ1v) is 7.85. The topological polar surface area (TPSA) is 41.1 Å². The van der Waals surface area contributed by atoms with Crippen molar-refractivity contribution in [2.75, 3.05) is 13.1 Å². The highest BCUT2D eigenvalue weighted by Gasteiger charge is 2.14. The van der Waals surface area contributed by atoms with E-state index in [9.17, 15) is 4.79 Å². The molecular weight excluding hydrogens is 295 g/mol. The van der Waals surface area contributed by atoms with Crippen LogP contribution in [-0.4, -0.2) is 25.0 Å². The molecule has 1 fully saturated rings. The van der Waals surface area contributed by atoms with Crippen LogP contribution in [0.5, 0.6) is 0 Å². The van der Waals surface area contributed by atoms with Crippen LogP contribution in [0.4, 0.5) is 0 Å². The molecule has 3 nitrogen and oxygen atoms in total.